The Morgan fingerprint density at radius 2 is 1.73 bits per heavy atom. The second kappa shape index (κ2) is 4.51. The number of benzene rings is 1. The van der Waals surface area contributed by atoms with E-state index in [1.807, 2.05) is 0 Å². The molecular formula is C9H7Cl2NO3. The number of carboxylic acids is 1. The fourth-order valence-corrected chi connectivity index (χ4v) is 1.70. The maximum atomic E-state index is 10.7. The van der Waals surface area contributed by atoms with Crippen molar-refractivity contribution >= 4 is 40.8 Å². The van der Waals surface area contributed by atoms with E-state index in [4.69, 9.17) is 28.3 Å². The molecule has 0 unspecified atom stereocenters. The van der Waals surface area contributed by atoms with Crippen LogP contribution < -0.4 is 5.32 Å². The third kappa shape index (κ3) is 2.84. The Morgan fingerprint density at radius 3 is 2.07 bits per heavy atom. The molecule has 1 rings (SSSR count). The Labute approximate surface area is 95.8 Å². The van der Waals surface area contributed by atoms with Gasteiger partial charge in [-0.2, -0.15) is 0 Å². The Bertz CT molecular complexity index is 408. The Hall–Kier alpha value is -1.26. The molecule has 0 spiro atoms. The van der Waals surface area contributed by atoms with Crippen molar-refractivity contribution in [2.24, 2.45) is 0 Å². The lowest BCUT2D eigenvalue weighted by atomic mass is 10.2. The van der Waals surface area contributed by atoms with Gasteiger partial charge in [-0.15, -0.1) is 0 Å². The summed E-state index contributed by atoms with van der Waals surface area (Å²) < 4.78 is 0. The van der Waals surface area contributed by atoms with Gasteiger partial charge in [0.1, 0.15) is 0 Å². The fraction of sp³-hybridized carbons (Fsp3) is 0.111. The molecule has 1 aromatic rings. The van der Waals surface area contributed by atoms with E-state index in [0.717, 1.165) is 0 Å². The highest BCUT2D eigenvalue weighted by molar-refractivity contribution is 6.39. The molecule has 15 heavy (non-hydrogen) atoms. The van der Waals surface area contributed by atoms with E-state index in [0.29, 0.717) is 5.69 Å². The maximum absolute atomic E-state index is 10.7. The molecule has 1 amide bonds. The van der Waals surface area contributed by atoms with Crippen molar-refractivity contribution in [2.75, 3.05) is 5.32 Å². The van der Waals surface area contributed by atoms with Crippen LogP contribution in [0.4, 0.5) is 5.69 Å². The largest absolute Gasteiger partial charge is 0.478 e. The van der Waals surface area contributed by atoms with Crippen LogP contribution in [0.5, 0.6) is 0 Å². The molecule has 0 atom stereocenters. The molecule has 0 aliphatic rings. The zero-order chi connectivity index (χ0) is 11.6. The normalized spacial score (nSPS) is 9.80. The van der Waals surface area contributed by atoms with Crippen LogP contribution in [-0.4, -0.2) is 17.0 Å². The van der Waals surface area contributed by atoms with Crippen LogP contribution >= 0.6 is 23.2 Å². The molecule has 6 heteroatoms. The van der Waals surface area contributed by atoms with Crippen LogP contribution in [0, 0.1) is 0 Å². The lowest BCUT2D eigenvalue weighted by Gasteiger charge is -2.06. The molecule has 0 bridgehead atoms. The molecule has 80 valence electrons. The summed E-state index contributed by atoms with van der Waals surface area (Å²) in [6.45, 7) is 1.33. The molecule has 2 N–H and O–H groups in total. The van der Waals surface area contributed by atoms with Gasteiger partial charge in [-0.1, -0.05) is 23.2 Å². The second-order valence-electron chi connectivity index (χ2n) is 2.80. The van der Waals surface area contributed by atoms with Crippen LogP contribution in [0.2, 0.25) is 10.0 Å². The van der Waals surface area contributed by atoms with Crippen LogP contribution in [0.3, 0.4) is 0 Å². The monoisotopic (exact) mass is 247 g/mol. The summed E-state index contributed by atoms with van der Waals surface area (Å²) >= 11 is 11.4. The topological polar surface area (TPSA) is 66.4 Å². The quantitative estimate of drug-likeness (QED) is 0.845. The predicted octanol–water partition coefficient (Wildman–Crippen LogP) is 2.65. The second-order valence-corrected chi connectivity index (χ2v) is 3.62. The van der Waals surface area contributed by atoms with Gasteiger partial charge in [-0.25, -0.2) is 4.79 Å². The molecule has 4 nitrogen and oxygen atoms in total. The predicted molar refractivity (Wildman–Crippen MR) is 57.7 cm³/mol. The number of carbonyl (C=O) groups excluding carboxylic acids is 1. The van der Waals surface area contributed by atoms with E-state index in [2.05, 4.69) is 5.32 Å². The first-order chi connectivity index (χ1) is 6.91. The lowest BCUT2D eigenvalue weighted by Crippen LogP contribution is -2.07. The van der Waals surface area contributed by atoms with E-state index >= 15 is 0 Å². The number of carbonyl (C=O) groups is 2. The number of carboxylic acid groups (broad SMARTS) is 1. The minimum atomic E-state index is -1.21. The van der Waals surface area contributed by atoms with E-state index < -0.39 is 5.97 Å². The van der Waals surface area contributed by atoms with Crippen molar-refractivity contribution in [2.45, 2.75) is 6.92 Å². The number of nitrogens with one attached hydrogen (secondary N) is 1. The van der Waals surface area contributed by atoms with Crippen LogP contribution in [0.25, 0.3) is 0 Å². The molecular weight excluding hydrogens is 241 g/mol. The summed E-state index contributed by atoms with van der Waals surface area (Å²) in [4.78, 5) is 21.5. The molecule has 0 radical (unpaired) electrons. The maximum Gasteiger partial charge on any atom is 0.338 e. The van der Waals surface area contributed by atoms with Crippen molar-refractivity contribution in [3.05, 3.63) is 27.7 Å². The van der Waals surface area contributed by atoms with Gasteiger partial charge in [-0.05, 0) is 12.1 Å². The van der Waals surface area contributed by atoms with Crippen LogP contribution in [0.15, 0.2) is 12.1 Å². The SMILES string of the molecule is CC(=O)Nc1cc(Cl)c(C(=O)O)c(Cl)c1. The smallest absolute Gasteiger partial charge is 0.338 e. The minimum Gasteiger partial charge on any atom is -0.478 e. The van der Waals surface area contributed by atoms with Gasteiger partial charge < -0.3 is 10.4 Å². The van der Waals surface area contributed by atoms with Crippen molar-refractivity contribution < 1.29 is 14.7 Å². The molecule has 0 saturated carbocycles. The van der Waals surface area contributed by atoms with Gasteiger partial charge in [0.25, 0.3) is 0 Å². The highest BCUT2D eigenvalue weighted by Crippen LogP contribution is 2.28. The highest BCUT2D eigenvalue weighted by Gasteiger charge is 2.15. The summed E-state index contributed by atoms with van der Waals surface area (Å²) in [6, 6.07) is 2.66. The van der Waals surface area contributed by atoms with Gasteiger partial charge >= 0.3 is 5.97 Å². The highest BCUT2D eigenvalue weighted by atomic mass is 35.5. The first-order valence-corrected chi connectivity index (χ1v) is 4.67. The molecule has 0 aliphatic carbocycles. The van der Waals surface area contributed by atoms with Crippen LogP contribution in [0.1, 0.15) is 17.3 Å². The Balaban J connectivity index is 3.19. The first-order valence-electron chi connectivity index (χ1n) is 3.91. The number of anilines is 1. The molecule has 0 aliphatic heterocycles. The van der Waals surface area contributed by atoms with E-state index in [-0.39, 0.29) is 21.5 Å². The molecule has 0 fully saturated rings. The molecule has 0 aromatic heterocycles. The third-order valence-electron chi connectivity index (χ3n) is 1.58. The van der Waals surface area contributed by atoms with Crippen molar-refractivity contribution in [3.63, 3.8) is 0 Å². The summed E-state index contributed by atoms with van der Waals surface area (Å²) in [5, 5.41) is 11.2. The summed E-state index contributed by atoms with van der Waals surface area (Å²) in [6.07, 6.45) is 0. The van der Waals surface area contributed by atoms with Crippen molar-refractivity contribution in [1.29, 1.82) is 0 Å². The number of amides is 1. The van der Waals surface area contributed by atoms with Crippen molar-refractivity contribution in [3.8, 4) is 0 Å². The zero-order valence-corrected chi connectivity index (χ0v) is 9.19. The van der Waals surface area contributed by atoms with Crippen LogP contribution in [-0.2, 0) is 4.79 Å². The van der Waals surface area contributed by atoms with Gasteiger partial charge in [0.2, 0.25) is 5.91 Å². The number of hydrogen-bond acceptors (Lipinski definition) is 2. The molecule has 1 aromatic carbocycles. The zero-order valence-electron chi connectivity index (χ0n) is 7.67. The molecule has 0 heterocycles. The van der Waals surface area contributed by atoms with Gasteiger partial charge in [0.15, 0.2) is 0 Å². The molecule has 0 saturated heterocycles. The van der Waals surface area contributed by atoms with E-state index in [1.165, 1.54) is 19.1 Å². The average molecular weight is 248 g/mol. The number of rotatable bonds is 2. The minimum absolute atomic E-state index is 0.0150. The lowest BCUT2D eigenvalue weighted by molar-refractivity contribution is -0.114. The van der Waals surface area contributed by atoms with Crippen molar-refractivity contribution in [1.82, 2.24) is 0 Å². The Morgan fingerprint density at radius 1 is 1.27 bits per heavy atom. The van der Waals surface area contributed by atoms with E-state index in [1.54, 1.807) is 0 Å². The van der Waals surface area contributed by atoms with E-state index in [9.17, 15) is 9.59 Å². The number of hydrogen-bond donors (Lipinski definition) is 2. The fourth-order valence-electron chi connectivity index (χ4n) is 1.05. The van der Waals surface area contributed by atoms with Gasteiger partial charge in [0, 0.05) is 12.6 Å². The summed E-state index contributed by atoms with van der Waals surface area (Å²) in [5.41, 5.74) is 0.190. The van der Waals surface area contributed by atoms with Gasteiger partial charge in [-0.3, -0.25) is 4.79 Å². The summed E-state index contributed by atoms with van der Waals surface area (Å²) in [7, 11) is 0. The standard InChI is InChI=1S/C9H7Cl2NO3/c1-4(13)12-5-2-6(10)8(9(14)15)7(11)3-5/h2-3H,1H3,(H,12,13)(H,14,15). The average Bonchev–Trinajstić information content (AvgIpc) is 1.99. The number of aromatic carboxylic acids is 1. The third-order valence-corrected chi connectivity index (χ3v) is 2.17. The Kier molecular flexibility index (Phi) is 3.55. The number of halogens is 2. The van der Waals surface area contributed by atoms with Gasteiger partial charge in [0.05, 0.1) is 15.6 Å². The first kappa shape index (κ1) is 11.8. The summed E-state index contributed by atoms with van der Waals surface area (Å²) in [5.74, 6) is -1.50.